The van der Waals surface area contributed by atoms with Crippen molar-refractivity contribution in [3.63, 3.8) is 0 Å². The minimum Gasteiger partial charge on any atom is -0.490 e. The summed E-state index contributed by atoms with van der Waals surface area (Å²) >= 11 is 0. The number of nitrogens with zero attached hydrogens (tertiary/aromatic N) is 2. The van der Waals surface area contributed by atoms with E-state index in [0.717, 1.165) is 32.2 Å². The number of hydrogen-bond acceptors (Lipinski definition) is 7. The highest BCUT2D eigenvalue weighted by molar-refractivity contribution is 5.77. The summed E-state index contributed by atoms with van der Waals surface area (Å²) < 4.78 is 13.5. The van der Waals surface area contributed by atoms with Gasteiger partial charge in [-0.15, -0.1) is 0 Å². The van der Waals surface area contributed by atoms with Crippen molar-refractivity contribution in [1.82, 2.24) is 14.9 Å². The third-order valence-electron chi connectivity index (χ3n) is 5.77. The monoisotopic (exact) mass is 413 g/mol. The van der Waals surface area contributed by atoms with Crippen LogP contribution in [0.5, 0.6) is 17.2 Å². The highest BCUT2D eigenvalue weighted by Crippen LogP contribution is 2.45. The first kappa shape index (κ1) is 20.7. The number of nitrogens with two attached hydrogens (primary N) is 1. The van der Waals surface area contributed by atoms with Gasteiger partial charge in [0.2, 0.25) is 0 Å². The van der Waals surface area contributed by atoms with E-state index in [4.69, 9.17) is 15.2 Å². The Bertz CT molecular complexity index is 935. The summed E-state index contributed by atoms with van der Waals surface area (Å²) in [7, 11) is 0. The van der Waals surface area contributed by atoms with E-state index >= 15 is 0 Å². The van der Waals surface area contributed by atoms with Crippen molar-refractivity contribution in [2.45, 2.75) is 51.6 Å². The van der Waals surface area contributed by atoms with Crippen LogP contribution in [0.2, 0.25) is 0 Å². The molecule has 4 rings (SSSR count). The fraction of sp³-hybridized carbons (Fsp3) is 0.545. The van der Waals surface area contributed by atoms with Crippen molar-refractivity contribution in [1.29, 1.82) is 0 Å². The van der Waals surface area contributed by atoms with E-state index in [-0.39, 0.29) is 11.7 Å². The SMILES string of the molecule is CC(C)NCC1CCC(n2cc3c(nc2=O)Nc2c(OCCN)cccc2O3)CC1. The Morgan fingerprint density at radius 2 is 2.10 bits per heavy atom. The Morgan fingerprint density at radius 1 is 1.30 bits per heavy atom. The number of hydrogen-bond donors (Lipinski definition) is 3. The Labute approximate surface area is 176 Å². The number of fused-ring (bicyclic) bond motifs is 2. The summed E-state index contributed by atoms with van der Waals surface area (Å²) in [5.74, 6) is 2.92. The van der Waals surface area contributed by atoms with Crippen LogP contribution in [0.15, 0.2) is 29.2 Å². The number of rotatable bonds is 7. The summed E-state index contributed by atoms with van der Waals surface area (Å²) in [4.78, 5) is 17.0. The number of aromatic nitrogens is 2. The van der Waals surface area contributed by atoms with E-state index in [9.17, 15) is 4.79 Å². The molecule has 2 heterocycles. The molecule has 0 bridgehead atoms. The predicted molar refractivity (Wildman–Crippen MR) is 117 cm³/mol. The Kier molecular flexibility index (Phi) is 6.24. The fourth-order valence-electron chi connectivity index (χ4n) is 4.15. The van der Waals surface area contributed by atoms with Gasteiger partial charge in [0.15, 0.2) is 17.3 Å². The van der Waals surface area contributed by atoms with Gasteiger partial charge >= 0.3 is 5.69 Å². The Hall–Kier alpha value is -2.58. The first-order chi connectivity index (χ1) is 14.5. The van der Waals surface area contributed by atoms with Crippen LogP contribution < -0.4 is 31.5 Å². The lowest BCUT2D eigenvalue weighted by Gasteiger charge is -2.31. The standard InChI is InChI=1S/C22H31N5O3/c1-14(2)24-12-15-6-8-16(9-7-15)27-13-19-21(26-22(27)28)25-20-17(29-11-10-23)4-3-5-18(20)30-19/h3-5,13-16,24H,6-12,23H2,1-2H3,(H,25,26,28). The second-order valence-corrected chi connectivity index (χ2v) is 8.37. The molecule has 1 fully saturated rings. The zero-order valence-corrected chi connectivity index (χ0v) is 17.7. The van der Waals surface area contributed by atoms with Gasteiger partial charge in [-0.25, -0.2) is 4.79 Å². The van der Waals surface area contributed by atoms with E-state index in [0.29, 0.717) is 53.9 Å². The van der Waals surface area contributed by atoms with Crippen LogP contribution in [-0.2, 0) is 0 Å². The number of para-hydroxylation sites is 1. The van der Waals surface area contributed by atoms with Crippen molar-refractivity contribution in [2.75, 3.05) is 25.0 Å². The minimum atomic E-state index is -0.252. The molecule has 1 saturated carbocycles. The lowest BCUT2D eigenvalue weighted by Crippen LogP contribution is -2.34. The van der Waals surface area contributed by atoms with Gasteiger partial charge in [-0.1, -0.05) is 19.9 Å². The fourth-order valence-corrected chi connectivity index (χ4v) is 4.15. The van der Waals surface area contributed by atoms with E-state index in [1.54, 1.807) is 10.8 Å². The smallest absolute Gasteiger partial charge is 0.350 e. The van der Waals surface area contributed by atoms with Crippen LogP contribution in [0.25, 0.3) is 0 Å². The van der Waals surface area contributed by atoms with E-state index < -0.39 is 0 Å². The average molecular weight is 414 g/mol. The molecule has 1 aromatic heterocycles. The van der Waals surface area contributed by atoms with Gasteiger partial charge in [-0.3, -0.25) is 4.57 Å². The zero-order valence-electron chi connectivity index (χ0n) is 17.7. The van der Waals surface area contributed by atoms with Crippen LogP contribution >= 0.6 is 0 Å². The molecule has 1 aromatic carbocycles. The van der Waals surface area contributed by atoms with Crippen LogP contribution in [0.1, 0.15) is 45.6 Å². The van der Waals surface area contributed by atoms with E-state index in [1.165, 1.54) is 0 Å². The minimum absolute atomic E-state index is 0.162. The molecule has 1 aliphatic carbocycles. The molecule has 1 aliphatic heterocycles. The molecule has 0 radical (unpaired) electrons. The molecule has 0 amide bonds. The molecule has 0 saturated heterocycles. The molecule has 2 aromatic rings. The lowest BCUT2D eigenvalue weighted by atomic mass is 9.85. The molecule has 8 heteroatoms. The third kappa shape index (κ3) is 4.44. The first-order valence-corrected chi connectivity index (χ1v) is 10.8. The molecule has 162 valence electrons. The number of anilines is 2. The van der Waals surface area contributed by atoms with Gasteiger partial charge in [0.25, 0.3) is 0 Å². The highest BCUT2D eigenvalue weighted by Gasteiger charge is 2.27. The molecule has 8 nitrogen and oxygen atoms in total. The molecular weight excluding hydrogens is 382 g/mol. The number of ether oxygens (including phenoxy) is 2. The number of benzene rings is 1. The van der Waals surface area contributed by atoms with Crippen LogP contribution in [-0.4, -0.2) is 35.3 Å². The van der Waals surface area contributed by atoms with Gasteiger partial charge in [-0.2, -0.15) is 4.98 Å². The molecule has 2 aliphatic rings. The van der Waals surface area contributed by atoms with Crippen LogP contribution in [0, 0.1) is 5.92 Å². The average Bonchev–Trinajstić information content (AvgIpc) is 2.75. The van der Waals surface area contributed by atoms with Gasteiger partial charge in [-0.05, 0) is 50.3 Å². The van der Waals surface area contributed by atoms with Gasteiger partial charge in [0, 0.05) is 18.6 Å². The third-order valence-corrected chi connectivity index (χ3v) is 5.77. The van der Waals surface area contributed by atoms with Gasteiger partial charge in [0.05, 0.1) is 6.20 Å². The second kappa shape index (κ2) is 9.06. The first-order valence-electron chi connectivity index (χ1n) is 10.8. The maximum atomic E-state index is 12.8. The van der Waals surface area contributed by atoms with Gasteiger partial charge < -0.3 is 25.8 Å². The quantitative estimate of drug-likeness (QED) is 0.547. The largest absolute Gasteiger partial charge is 0.490 e. The normalized spacial score (nSPS) is 20.1. The summed E-state index contributed by atoms with van der Waals surface area (Å²) in [6.07, 6.45) is 5.97. The van der Waals surface area contributed by atoms with Crippen molar-refractivity contribution in [3.05, 3.63) is 34.9 Å². The summed E-state index contributed by atoms with van der Waals surface area (Å²) in [5.41, 5.74) is 5.95. The van der Waals surface area contributed by atoms with Crippen LogP contribution in [0.4, 0.5) is 11.5 Å². The lowest BCUT2D eigenvalue weighted by molar-refractivity contribution is 0.257. The van der Waals surface area contributed by atoms with Crippen molar-refractivity contribution >= 4 is 11.5 Å². The Balaban J connectivity index is 1.49. The maximum Gasteiger partial charge on any atom is 0.350 e. The number of nitrogens with one attached hydrogen (secondary N) is 2. The summed E-state index contributed by atoms with van der Waals surface area (Å²) in [5, 5.41) is 6.72. The molecular formula is C22H31N5O3. The predicted octanol–water partition coefficient (Wildman–Crippen LogP) is 3.16. The van der Waals surface area contributed by atoms with E-state index in [1.807, 2.05) is 18.2 Å². The molecule has 0 spiro atoms. The highest BCUT2D eigenvalue weighted by atomic mass is 16.5. The maximum absolute atomic E-state index is 12.8. The topological polar surface area (TPSA) is 103 Å². The molecule has 30 heavy (non-hydrogen) atoms. The summed E-state index contributed by atoms with van der Waals surface area (Å²) in [6.45, 7) is 6.20. The van der Waals surface area contributed by atoms with Crippen molar-refractivity contribution < 1.29 is 9.47 Å². The van der Waals surface area contributed by atoms with E-state index in [2.05, 4.69) is 29.5 Å². The molecule has 0 atom stereocenters. The van der Waals surface area contributed by atoms with Crippen molar-refractivity contribution in [2.24, 2.45) is 11.7 Å². The molecule has 4 N–H and O–H groups in total. The van der Waals surface area contributed by atoms with Gasteiger partial charge in [0.1, 0.15) is 18.0 Å². The second-order valence-electron chi connectivity index (χ2n) is 8.37. The summed E-state index contributed by atoms with van der Waals surface area (Å²) in [6, 6.07) is 6.23. The van der Waals surface area contributed by atoms with Crippen molar-refractivity contribution in [3.8, 4) is 17.2 Å². The Morgan fingerprint density at radius 3 is 2.83 bits per heavy atom. The molecule has 0 unspecified atom stereocenters. The zero-order chi connectivity index (χ0) is 21.1. The van der Waals surface area contributed by atoms with Crippen LogP contribution in [0.3, 0.4) is 0 Å².